The van der Waals surface area contributed by atoms with Crippen molar-refractivity contribution in [2.75, 3.05) is 6.54 Å². The van der Waals surface area contributed by atoms with Gasteiger partial charge in [0.15, 0.2) is 0 Å². The fourth-order valence-electron chi connectivity index (χ4n) is 2.30. The van der Waals surface area contributed by atoms with Crippen LogP contribution in [-0.4, -0.2) is 46.3 Å². The predicted molar refractivity (Wildman–Crippen MR) is 85.1 cm³/mol. The maximum Gasteiger partial charge on any atom is 0.318 e. The Bertz CT molecular complexity index is 910. The van der Waals surface area contributed by atoms with E-state index in [2.05, 4.69) is 4.98 Å². The van der Waals surface area contributed by atoms with Crippen molar-refractivity contribution in [3.8, 4) is 0 Å². The zero-order chi connectivity index (χ0) is 18.1. The van der Waals surface area contributed by atoms with Gasteiger partial charge in [0.05, 0.1) is 15.8 Å². The molecule has 0 spiro atoms. The predicted octanol–water partition coefficient (Wildman–Crippen LogP) is 1.63. The molecule has 9 nitrogen and oxygen atoms in total. The van der Waals surface area contributed by atoms with Gasteiger partial charge in [0.25, 0.3) is 5.69 Å². The van der Waals surface area contributed by atoms with Crippen LogP contribution in [0.15, 0.2) is 35.4 Å². The molecule has 2 rings (SSSR count). The number of non-ortho nitro benzene ring substituents is 1. The molecule has 0 radical (unpaired) electrons. The first-order valence-corrected chi connectivity index (χ1v) is 8.36. The first-order chi connectivity index (χ1) is 11.2. The average Bonchev–Trinajstić information content (AvgIpc) is 2.50. The lowest BCUT2D eigenvalue weighted by atomic mass is 10.2. The molecule has 0 aliphatic heterocycles. The van der Waals surface area contributed by atoms with Gasteiger partial charge in [0.1, 0.15) is 11.4 Å². The van der Waals surface area contributed by atoms with Crippen molar-refractivity contribution in [2.45, 2.75) is 24.8 Å². The first-order valence-electron chi connectivity index (χ1n) is 6.92. The summed E-state index contributed by atoms with van der Waals surface area (Å²) < 4.78 is 26.5. The van der Waals surface area contributed by atoms with E-state index in [0.717, 1.165) is 16.4 Å². The molecular weight excluding hydrogens is 338 g/mol. The zero-order valence-corrected chi connectivity index (χ0v) is 13.7. The molecule has 0 atom stereocenters. The third kappa shape index (κ3) is 3.19. The molecule has 0 bridgehead atoms. The number of carbonyl (C=O) groups is 1. The van der Waals surface area contributed by atoms with Gasteiger partial charge in [-0.05, 0) is 32.0 Å². The van der Waals surface area contributed by atoms with Crippen LogP contribution in [0.3, 0.4) is 0 Å². The van der Waals surface area contributed by atoms with Crippen LogP contribution in [0.4, 0.5) is 5.69 Å². The third-order valence-corrected chi connectivity index (χ3v) is 5.41. The number of rotatable bonds is 6. The van der Waals surface area contributed by atoms with Crippen LogP contribution in [0, 0.1) is 10.1 Å². The van der Waals surface area contributed by atoms with E-state index < -0.39 is 33.5 Å². The number of nitrogens with zero attached hydrogens (tertiary/aromatic N) is 3. The highest BCUT2D eigenvalue weighted by Gasteiger charge is 2.32. The molecule has 10 heteroatoms. The Hall–Kier alpha value is -2.59. The van der Waals surface area contributed by atoms with Gasteiger partial charge in [-0.15, -0.1) is 0 Å². The summed E-state index contributed by atoms with van der Waals surface area (Å²) in [6, 6.07) is 4.41. The van der Waals surface area contributed by atoms with E-state index in [9.17, 15) is 23.3 Å². The standard InChI is InChI=1S/C14H15N3O6S/c1-9(2)16(8-13(18)19)24(22,23)12-6-5-11(17(20)21)10-4-3-7-15-14(10)12/h3-7,9H,8H2,1-2H3,(H,18,19). The summed E-state index contributed by atoms with van der Waals surface area (Å²) in [5.41, 5.74) is -0.339. The quantitative estimate of drug-likeness (QED) is 0.616. The van der Waals surface area contributed by atoms with E-state index in [1.54, 1.807) is 13.8 Å². The molecule has 0 unspecified atom stereocenters. The Morgan fingerprint density at radius 1 is 1.38 bits per heavy atom. The van der Waals surface area contributed by atoms with Crippen LogP contribution >= 0.6 is 0 Å². The molecule has 0 amide bonds. The van der Waals surface area contributed by atoms with Crippen LogP contribution in [0.5, 0.6) is 0 Å². The van der Waals surface area contributed by atoms with Crippen LogP contribution < -0.4 is 0 Å². The largest absolute Gasteiger partial charge is 0.480 e. The summed E-state index contributed by atoms with van der Waals surface area (Å²) in [5.74, 6) is -1.30. The van der Waals surface area contributed by atoms with Crippen molar-refractivity contribution < 1.29 is 23.2 Å². The smallest absolute Gasteiger partial charge is 0.318 e. The molecule has 0 fully saturated rings. The van der Waals surface area contributed by atoms with Gasteiger partial charge in [-0.25, -0.2) is 8.42 Å². The number of pyridine rings is 1. The summed E-state index contributed by atoms with van der Waals surface area (Å²) in [5, 5.41) is 20.1. The van der Waals surface area contributed by atoms with Crippen molar-refractivity contribution in [1.82, 2.24) is 9.29 Å². The van der Waals surface area contributed by atoms with E-state index in [1.807, 2.05) is 0 Å². The molecule has 1 aromatic heterocycles. The summed E-state index contributed by atoms with van der Waals surface area (Å²) >= 11 is 0. The maximum atomic E-state index is 12.9. The van der Waals surface area contributed by atoms with Crippen LogP contribution in [-0.2, 0) is 14.8 Å². The van der Waals surface area contributed by atoms with Crippen molar-refractivity contribution in [2.24, 2.45) is 0 Å². The molecule has 1 heterocycles. The lowest BCUT2D eigenvalue weighted by molar-refractivity contribution is -0.383. The Labute approximate surface area is 137 Å². The molecule has 1 aromatic carbocycles. The van der Waals surface area contributed by atoms with Gasteiger partial charge in [-0.2, -0.15) is 4.31 Å². The maximum absolute atomic E-state index is 12.9. The van der Waals surface area contributed by atoms with Crippen molar-refractivity contribution in [3.63, 3.8) is 0 Å². The van der Waals surface area contributed by atoms with E-state index >= 15 is 0 Å². The number of aromatic nitrogens is 1. The van der Waals surface area contributed by atoms with Crippen molar-refractivity contribution in [3.05, 3.63) is 40.6 Å². The highest BCUT2D eigenvalue weighted by molar-refractivity contribution is 7.89. The lowest BCUT2D eigenvalue weighted by Gasteiger charge is -2.24. The fourth-order valence-corrected chi connectivity index (χ4v) is 4.04. The number of carboxylic acid groups (broad SMARTS) is 1. The number of benzene rings is 1. The van der Waals surface area contributed by atoms with Gasteiger partial charge < -0.3 is 5.11 Å². The van der Waals surface area contributed by atoms with E-state index in [4.69, 9.17) is 5.11 Å². The Balaban J connectivity index is 2.73. The highest BCUT2D eigenvalue weighted by Crippen LogP contribution is 2.31. The summed E-state index contributed by atoms with van der Waals surface area (Å²) in [6.07, 6.45) is 1.32. The Morgan fingerprint density at radius 3 is 2.58 bits per heavy atom. The Kier molecular flexibility index (Phi) is 4.81. The van der Waals surface area contributed by atoms with Crippen LogP contribution in [0.25, 0.3) is 10.9 Å². The molecule has 24 heavy (non-hydrogen) atoms. The normalized spacial score (nSPS) is 12.0. The van der Waals surface area contributed by atoms with Crippen molar-refractivity contribution in [1.29, 1.82) is 0 Å². The molecular formula is C14H15N3O6S. The first kappa shape index (κ1) is 17.8. The Morgan fingerprint density at radius 2 is 2.04 bits per heavy atom. The topological polar surface area (TPSA) is 131 Å². The molecule has 0 aliphatic rings. The highest BCUT2D eigenvalue weighted by atomic mass is 32.2. The SMILES string of the molecule is CC(C)N(CC(=O)O)S(=O)(=O)c1ccc([N+](=O)[O-])c2cccnc12. The monoisotopic (exact) mass is 353 g/mol. The number of nitro groups is 1. The minimum atomic E-state index is -4.20. The van der Waals surface area contributed by atoms with Crippen LogP contribution in [0.2, 0.25) is 0 Å². The lowest BCUT2D eigenvalue weighted by Crippen LogP contribution is -2.40. The van der Waals surface area contributed by atoms with Gasteiger partial charge in [0, 0.05) is 18.3 Å². The molecule has 0 aliphatic carbocycles. The number of hydrogen-bond acceptors (Lipinski definition) is 6. The van der Waals surface area contributed by atoms with E-state index in [-0.39, 0.29) is 21.5 Å². The zero-order valence-electron chi connectivity index (χ0n) is 12.9. The number of aliphatic carboxylic acids is 1. The third-order valence-electron chi connectivity index (χ3n) is 3.36. The molecule has 1 N–H and O–H groups in total. The van der Waals surface area contributed by atoms with Gasteiger partial charge in [0.2, 0.25) is 10.0 Å². The van der Waals surface area contributed by atoms with Gasteiger partial charge in [-0.3, -0.25) is 19.9 Å². The summed E-state index contributed by atoms with van der Waals surface area (Å²) in [4.78, 5) is 25.2. The van der Waals surface area contributed by atoms with Crippen molar-refractivity contribution >= 4 is 32.6 Å². The number of hydrogen-bond donors (Lipinski definition) is 1. The van der Waals surface area contributed by atoms with Crippen LogP contribution in [0.1, 0.15) is 13.8 Å². The van der Waals surface area contributed by atoms with Gasteiger partial charge >= 0.3 is 5.97 Å². The number of sulfonamides is 1. The second kappa shape index (κ2) is 6.49. The average molecular weight is 353 g/mol. The molecule has 0 saturated heterocycles. The summed E-state index contributed by atoms with van der Waals surface area (Å²) in [7, 11) is -4.20. The second-order valence-corrected chi connectivity index (χ2v) is 7.14. The summed E-state index contributed by atoms with van der Waals surface area (Å²) in [6.45, 7) is 2.37. The number of fused-ring (bicyclic) bond motifs is 1. The van der Waals surface area contributed by atoms with Gasteiger partial charge in [-0.1, -0.05) is 0 Å². The molecule has 128 valence electrons. The number of carboxylic acids is 1. The second-order valence-electron chi connectivity index (χ2n) is 5.28. The minimum Gasteiger partial charge on any atom is -0.480 e. The fraction of sp³-hybridized carbons (Fsp3) is 0.286. The minimum absolute atomic E-state index is 0.0669. The van der Waals surface area contributed by atoms with E-state index in [0.29, 0.717) is 0 Å². The molecule has 0 saturated carbocycles. The number of nitro benzene ring substituents is 1. The van der Waals surface area contributed by atoms with E-state index in [1.165, 1.54) is 18.3 Å². The molecule has 2 aromatic rings.